The Balaban J connectivity index is 1.27. The highest BCUT2D eigenvalue weighted by atomic mass is 15.1. The van der Waals surface area contributed by atoms with Crippen LogP contribution in [0, 0.1) is 0 Å². The van der Waals surface area contributed by atoms with E-state index in [1.165, 1.54) is 10.8 Å². The lowest BCUT2D eigenvalue weighted by molar-refractivity contribution is 1.28. The van der Waals surface area contributed by atoms with Gasteiger partial charge in [0.2, 0.25) is 0 Å². The van der Waals surface area contributed by atoms with Gasteiger partial charge in [-0.25, -0.2) is 9.97 Å². The maximum Gasteiger partial charge on any atom is 0.0956 e. The van der Waals surface area contributed by atoms with Crippen molar-refractivity contribution >= 4 is 49.5 Å². The topological polar surface area (TPSA) is 29.0 Å². The lowest BCUT2D eigenvalue weighted by Gasteiger charge is -2.27. The highest BCUT2D eigenvalue weighted by molar-refractivity contribution is 6.24. The molecular formula is C52H35N3. The molecule has 2 aromatic heterocycles. The Morgan fingerprint density at radius 3 is 1.51 bits per heavy atom. The largest absolute Gasteiger partial charge is 0.308 e. The van der Waals surface area contributed by atoms with E-state index in [9.17, 15) is 0 Å². The molecule has 258 valence electrons. The van der Waals surface area contributed by atoms with Crippen molar-refractivity contribution in [3.05, 3.63) is 212 Å². The van der Waals surface area contributed by atoms with Crippen LogP contribution in [-0.2, 0) is 0 Å². The molecule has 0 amide bonds. The first kappa shape index (κ1) is 32.3. The minimum absolute atomic E-state index is 0.931. The summed E-state index contributed by atoms with van der Waals surface area (Å²) in [6.45, 7) is 0. The minimum Gasteiger partial charge on any atom is -0.308 e. The van der Waals surface area contributed by atoms with Crippen LogP contribution in [0.15, 0.2) is 212 Å². The number of para-hydroxylation sites is 3. The standard InChI is InChI=1S/C52H35N3/c1-6-17-36(18-7-1)41-34-47(38-19-8-2-9-20-38)53-48(35-41)40-30-29-37-31-32-45-50(46(37)33-40)44-27-16-28-49(52(44)54-51(45)39-21-10-3-11-22-39)55(42-23-12-4-13-24-42)43-25-14-5-15-26-43/h1-35H. The van der Waals surface area contributed by atoms with Crippen molar-refractivity contribution in [2.75, 3.05) is 4.90 Å². The quantitative estimate of drug-likeness (QED) is 0.155. The average molecular weight is 702 g/mol. The van der Waals surface area contributed by atoms with E-state index in [2.05, 4.69) is 211 Å². The summed E-state index contributed by atoms with van der Waals surface area (Å²) < 4.78 is 0. The van der Waals surface area contributed by atoms with Gasteiger partial charge in [0, 0.05) is 44.2 Å². The summed E-state index contributed by atoms with van der Waals surface area (Å²) in [6.07, 6.45) is 0. The third kappa shape index (κ3) is 5.98. The number of hydrogen-bond donors (Lipinski definition) is 0. The van der Waals surface area contributed by atoms with Crippen LogP contribution in [0.5, 0.6) is 0 Å². The maximum atomic E-state index is 5.57. The van der Waals surface area contributed by atoms with Crippen molar-refractivity contribution in [2.24, 2.45) is 0 Å². The summed E-state index contributed by atoms with van der Waals surface area (Å²) in [5.74, 6) is 0. The van der Waals surface area contributed by atoms with Gasteiger partial charge < -0.3 is 4.90 Å². The van der Waals surface area contributed by atoms with Gasteiger partial charge in [0.15, 0.2) is 0 Å². The Kier molecular flexibility index (Phi) is 8.16. The number of aromatic nitrogens is 2. The molecule has 0 spiro atoms. The number of rotatable bonds is 7. The molecule has 0 atom stereocenters. The van der Waals surface area contributed by atoms with E-state index in [4.69, 9.17) is 9.97 Å². The third-order valence-electron chi connectivity index (χ3n) is 10.4. The first-order valence-electron chi connectivity index (χ1n) is 18.7. The molecule has 0 aliphatic carbocycles. The molecule has 0 aliphatic heterocycles. The van der Waals surface area contributed by atoms with Crippen LogP contribution < -0.4 is 4.90 Å². The van der Waals surface area contributed by atoms with Crippen LogP contribution in [0.25, 0.3) is 77.3 Å². The molecule has 0 saturated heterocycles. The van der Waals surface area contributed by atoms with E-state index in [-0.39, 0.29) is 0 Å². The predicted octanol–water partition coefficient (Wildman–Crippen LogP) is 14.1. The lowest BCUT2D eigenvalue weighted by atomic mass is 9.93. The first-order valence-corrected chi connectivity index (χ1v) is 18.7. The molecule has 0 radical (unpaired) electrons. The van der Waals surface area contributed by atoms with Crippen molar-refractivity contribution in [1.82, 2.24) is 9.97 Å². The van der Waals surface area contributed by atoms with Gasteiger partial charge in [-0.05, 0) is 70.4 Å². The lowest BCUT2D eigenvalue weighted by Crippen LogP contribution is -2.11. The van der Waals surface area contributed by atoms with E-state index in [1.807, 2.05) is 6.07 Å². The molecule has 0 saturated carbocycles. The second-order valence-corrected chi connectivity index (χ2v) is 13.8. The number of nitrogens with zero attached hydrogens (tertiary/aromatic N) is 3. The highest BCUT2D eigenvalue weighted by Crippen LogP contribution is 2.44. The normalized spacial score (nSPS) is 11.3. The van der Waals surface area contributed by atoms with Crippen LogP contribution >= 0.6 is 0 Å². The highest BCUT2D eigenvalue weighted by Gasteiger charge is 2.21. The number of hydrogen-bond acceptors (Lipinski definition) is 3. The Labute approximate surface area is 320 Å². The number of benzene rings is 8. The second kappa shape index (κ2) is 13.9. The Hall–Kier alpha value is -7.36. The molecule has 0 N–H and O–H groups in total. The molecule has 10 rings (SSSR count). The summed E-state index contributed by atoms with van der Waals surface area (Å²) in [4.78, 5) is 13.2. The molecule has 0 bridgehead atoms. The molecular weight excluding hydrogens is 667 g/mol. The average Bonchev–Trinajstić information content (AvgIpc) is 3.27. The zero-order chi connectivity index (χ0) is 36.6. The summed E-state index contributed by atoms with van der Waals surface area (Å²) in [7, 11) is 0. The zero-order valence-electron chi connectivity index (χ0n) is 30.0. The van der Waals surface area contributed by atoms with E-state index in [0.717, 1.165) is 83.6 Å². The minimum atomic E-state index is 0.931. The maximum absolute atomic E-state index is 5.57. The van der Waals surface area contributed by atoms with Gasteiger partial charge in [-0.15, -0.1) is 0 Å². The fraction of sp³-hybridized carbons (Fsp3) is 0. The summed E-state index contributed by atoms with van der Waals surface area (Å²) in [5.41, 5.74) is 12.5. The molecule has 0 aliphatic rings. The number of pyridine rings is 2. The summed E-state index contributed by atoms with van der Waals surface area (Å²) in [5, 5.41) is 5.72. The molecule has 3 nitrogen and oxygen atoms in total. The van der Waals surface area contributed by atoms with Crippen molar-refractivity contribution < 1.29 is 0 Å². The van der Waals surface area contributed by atoms with Gasteiger partial charge in [-0.2, -0.15) is 0 Å². The third-order valence-corrected chi connectivity index (χ3v) is 10.4. The van der Waals surface area contributed by atoms with Gasteiger partial charge in [-0.1, -0.05) is 164 Å². The number of anilines is 3. The van der Waals surface area contributed by atoms with Crippen LogP contribution in [-0.4, -0.2) is 9.97 Å². The van der Waals surface area contributed by atoms with Gasteiger partial charge in [0.1, 0.15) is 0 Å². The van der Waals surface area contributed by atoms with Gasteiger partial charge in [0.05, 0.1) is 28.3 Å². The van der Waals surface area contributed by atoms with Crippen molar-refractivity contribution in [3.8, 4) is 44.9 Å². The first-order chi connectivity index (χ1) is 27.3. The fourth-order valence-electron chi connectivity index (χ4n) is 7.80. The van der Waals surface area contributed by atoms with Crippen molar-refractivity contribution in [1.29, 1.82) is 0 Å². The van der Waals surface area contributed by atoms with E-state index < -0.39 is 0 Å². The zero-order valence-corrected chi connectivity index (χ0v) is 30.0. The summed E-state index contributed by atoms with van der Waals surface area (Å²) in [6, 6.07) is 75.0. The van der Waals surface area contributed by atoms with E-state index in [0.29, 0.717) is 0 Å². The van der Waals surface area contributed by atoms with Crippen LogP contribution in [0.3, 0.4) is 0 Å². The molecule has 0 unspecified atom stereocenters. The van der Waals surface area contributed by atoms with E-state index in [1.54, 1.807) is 0 Å². The van der Waals surface area contributed by atoms with E-state index >= 15 is 0 Å². The van der Waals surface area contributed by atoms with Crippen molar-refractivity contribution in [2.45, 2.75) is 0 Å². The van der Waals surface area contributed by atoms with Crippen LogP contribution in [0.4, 0.5) is 17.1 Å². The Morgan fingerprint density at radius 1 is 0.327 bits per heavy atom. The van der Waals surface area contributed by atoms with Gasteiger partial charge >= 0.3 is 0 Å². The predicted molar refractivity (Wildman–Crippen MR) is 231 cm³/mol. The van der Waals surface area contributed by atoms with Gasteiger partial charge in [-0.3, -0.25) is 0 Å². The Morgan fingerprint density at radius 2 is 0.873 bits per heavy atom. The molecule has 8 aromatic carbocycles. The van der Waals surface area contributed by atoms with Crippen LogP contribution in [0.2, 0.25) is 0 Å². The monoisotopic (exact) mass is 701 g/mol. The smallest absolute Gasteiger partial charge is 0.0956 e. The molecule has 2 heterocycles. The number of fused-ring (bicyclic) bond motifs is 5. The van der Waals surface area contributed by atoms with Gasteiger partial charge in [0.25, 0.3) is 0 Å². The van der Waals surface area contributed by atoms with Crippen molar-refractivity contribution in [3.63, 3.8) is 0 Å². The molecule has 55 heavy (non-hydrogen) atoms. The molecule has 3 heteroatoms. The second-order valence-electron chi connectivity index (χ2n) is 13.8. The SMILES string of the molecule is c1ccc(-c2cc(-c3ccccc3)nc(-c3ccc4ccc5c(-c6ccccc6)nc6c(N(c7ccccc7)c7ccccc7)cccc6c5c4c3)c2)cc1. The van der Waals surface area contributed by atoms with Crippen LogP contribution in [0.1, 0.15) is 0 Å². The summed E-state index contributed by atoms with van der Waals surface area (Å²) >= 11 is 0. The fourth-order valence-corrected chi connectivity index (χ4v) is 7.80. The molecule has 0 fully saturated rings. The Bertz CT molecular complexity index is 2850. The molecule has 10 aromatic rings.